The monoisotopic (exact) mass is 235 g/mol. The summed E-state index contributed by atoms with van der Waals surface area (Å²) in [6.07, 6.45) is 3.85. The Morgan fingerprint density at radius 1 is 1.41 bits per heavy atom. The van der Waals surface area contributed by atoms with Crippen LogP contribution < -0.4 is 10.1 Å². The van der Waals surface area contributed by atoms with E-state index in [1.165, 1.54) is 19.3 Å². The van der Waals surface area contributed by atoms with Crippen molar-refractivity contribution in [2.75, 3.05) is 12.4 Å². The van der Waals surface area contributed by atoms with Crippen molar-refractivity contribution in [3.63, 3.8) is 0 Å². The fourth-order valence-electron chi connectivity index (χ4n) is 2.57. The number of aliphatic hydroxyl groups is 1. The van der Waals surface area contributed by atoms with Gasteiger partial charge < -0.3 is 15.2 Å². The molecule has 2 atom stereocenters. The predicted molar refractivity (Wildman–Crippen MR) is 69.3 cm³/mol. The lowest BCUT2D eigenvalue weighted by Gasteiger charge is -2.19. The number of rotatable bonds is 4. The van der Waals surface area contributed by atoms with Gasteiger partial charge in [0.1, 0.15) is 5.75 Å². The molecule has 0 bridgehead atoms. The fourth-order valence-corrected chi connectivity index (χ4v) is 2.57. The number of ether oxygens (including phenoxy) is 1. The van der Waals surface area contributed by atoms with Gasteiger partial charge in [0.25, 0.3) is 0 Å². The first-order valence-corrected chi connectivity index (χ1v) is 6.29. The second kappa shape index (κ2) is 5.41. The zero-order valence-corrected chi connectivity index (χ0v) is 10.6. The molecule has 3 nitrogen and oxygen atoms in total. The first kappa shape index (κ1) is 12.2. The van der Waals surface area contributed by atoms with Gasteiger partial charge in [-0.25, -0.2) is 0 Å². The molecule has 1 aliphatic carbocycles. The summed E-state index contributed by atoms with van der Waals surface area (Å²) < 4.78 is 5.19. The Labute approximate surface area is 103 Å². The SMILES string of the molecule is COc1ccc(NC2CCCC2C)cc1CO. The molecule has 0 amide bonds. The van der Waals surface area contributed by atoms with Gasteiger partial charge in [-0.2, -0.15) is 0 Å². The molecule has 0 aliphatic heterocycles. The Bertz CT molecular complexity index is 378. The molecule has 1 saturated carbocycles. The molecule has 17 heavy (non-hydrogen) atoms. The molecule has 0 heterocycles. The zero-order chi connectivity index (χ0) is 12.3. The van der Waals surface area contributed by atoms with Gasteiger partial charge in [0.2, 0.25) is 0 Å². The molecule has 2 N–H and O–H groups in total. The minimum absolute atomic E-state index is 0.0128. The number of hydrogen-bond acceptors (Lipinski definition) is 3. The van der Waals surface area contributed by atoms with Crippen molar-refractivity contribution in [2.24, 2.45) is 5.92 Å². The fraction of sp³-hybridized carbons (Fsp3) is 0.571. The average Bonchev–Trinajstić information content (AvgIpc) is 2.75. The van der Waals surface area contributed by atoms with Crippen molar-refractivity contribution in [1.29, 1.82) is 0 Å². The van der Waals surface area contributed by atoms with Crippen molar-refractivity contribution in [1.82, 2.24) is 0 Å². The van der Waals surface area contributed by atoms with Gasteiger partial charge in [0, 0.05) is 17.3 Å². The van der Waals surface area contributed by atoms with Crippen molar-refractivity contribution < 1.29 is 9.84 Å². The molecule has 1 fully saturated rings. The highest BCUT2D eigenvalue weighted by Crippen LogP contribution is 2.29. The van der Waals surface area contributed by atoms with E-state index in [0.29, 0.717) is 6.04 Å². The molecule has 3 heteroatoms. The van der Waals surface area contributed by atoms with Crippen molar-refractivity contribution in [3.8, 4) is 5.75 Å². The van der Waals surface area contributed by atoms with E-state index in [9.17, 15) is 5.11 Å². The van der Waals surface area contributed by atoms with Gasteiger partial charge in [-0.1, -0.05) is 13.3 Å². The van der Waals surface area contributed by atoms with Crippen LogP contribution in [0.5, 0.6) is 5.75 Å². The maximum atomic E-state index is 9.28. The number of benzene rings is 1. The normalized spacial score (nSPS) is 23.7. The van der Waals surface area contributed by atoms with Crippen LogP contribution in [0, 0.1) is 5.92 Å². The molecule has 0 spiro atoms. The van der Waals surface area contributed by atoms with E-state index in [2.05, 4.69) is 12.2 Å². The van der Waals surface area contributed by atoms with E-state index in [4.69, 9.17) is 4.74 Å². The van der Waals surface area contributed by atoms with Gasteiger partial charge in [-0.3, -0.25) is 0 Å². The minimum Gasteiger partial charge on any atom is -0.496 e. The topological polar surface area (TPSA) is 41.5 Å². The predicted octanol–water partition coefficient (Wildman–Crippen LogP) is 2.79. The van der Waals surface area contributed by atoms with Crippen LogP contribution in [0.15, 0.2) is 18.2 Å². The van der Waals surface area contributed by atoms with E-state index in [0.717, 1.165) is 22.9 Å². The average molecular weight is 235 g/mol. The summed E-state index contributed by atoms with van der Waals surface area (Å²) >= 11 is 0. The smallest absolute Gasteiger partial charge is 0.124 e. The van der Waals surface area contributed by atoms with E-state index >= 15 is 0 Å². The summed E-state index contributed by atoms with van der Waals surface area (Å²) in [6.45, 7) is 2.31. The highest BCUT2D eigenvalue weighted by Gasteiger charge is 2.23. The van der Waals surface area contributed by atoms with E-state index in [1.807, 2.05) is 18.2 Å². The number of anilines is 1. The summed E-state index contributed by atoms with van der Waals surface area (Å²) in [6, 6.07) is 6.47. The second-order valence-electron chi connectivity index (χ2n) is 4.84. The third kappa shape index (κ3) is 2.72. The Hall–Kier alpha value is -1.22. The lowest BCUT2D eigenvalue weighted by Crippen LogP contribution is -2.21. The van der Waals surface area contributed by atoms with Crippen LogP contribution in [0.25, 0.3) is 0 Å². The van der Waals surface area contributed by atoms with Crippen LogP contribution in [-0.4, -0.2) is 18.3 Å². The van der Waals surface area contributed by atoms with E-state index in [1.54, 1.807) is 7.11 Å². The number of aliphatic hydroxyl groups excluding tert-OH is 1. The van der Waals surface area contributed by atoms with Crippen LogP contribution in [0.1, 0.15) is 31.7 Å². The first-order valence-electron chi connectivity index (χ1n) is 6.29. The van der Waals surface area contributed by atoms with E-state index in [-0.39, 0.29) is 6.61 Å². The molecule has 1 aromatic carbocycles. The highest BCUT2D eigenvalue weighted by atomic mass is 16.5. The summed E-state index contributed by atoms with van der Waals surface area (Å²) in [5.74, 6) is 1.48. The van der Waals surface area contributed by atoms with E-state index < -0.39 is 0 Å². The zero-order valence-electron chi connectivity index (χ0n) is 10.6. The third-order valence-corrected chi connectivity index (χ3v) is 3.66. The number of hydrogen-bond donors (Lipinski definition) is 2. The maximum Gasteiger partial charge on any atom is 0.124 e. The van der Waals surface area contributed by atoms with Crippen LogP contribution in [-0.2, 0) is 6.61 Å². The van der Waals surface area contributed by atoms with Crippen LogP contribution in [0.2, 0.25) is 0 Å². The van der Waals surface area contributed by atoms with Gasteiger partial charge in [-0.05, 0) is 37.0 Å². The largest absolute Gasteiger partial charge is 0.496 e. The lowest BCUT2D eigenvalue weighted by atomic mass is 10.1. The minimum atomic E-state index is 0.0128. The first-order chi connectivity index (χ1) is 8.24. The molecule has 0 saturated heterocycles. The molecular weight excluding hydrogens is 214 g/mol. The molecule has 0 aromatic heterocycles. The molecule has 2 rings (SSSR count). The molecule has 2 unspecified atom stereocenters. The molecule has 94 valence electrons. The van der Waals surface area contributed by atoms with Gasteiger partial charge >= 0.3 is 0 Å². The highest BCUT2D eigenvalue weighted by molar-refractivity contribution is 5.51. The summed E-state index contributed by atoms with van der Waals surface area (Å²) in [5.41, 5.74) is 1.91. The summed E-state index contributed by atoms with van der Waals surface area (Å²) in [5, 5.41) is 12.8. The van der Waals surface area contributed by atoms with Crippen LogP contribution >= 0.6 is 0 Å². The van der Waals surface area contributed by atoms with Gasteiger partial charge in [-0.15, -0.1) is 0 Å². The Morgan fingerprint density at radius 2 is 2.24 bits per heavy atom. The molecule has 1 aromatic rings. The van der Waals surface area contributed by atoms with Crippen LogP contribution in [0.3, 0.4) is 0 Å². The molecular formula is C14H21NO2. The summed E-state index contributed by atoms with van der Waals surface area (Å²) in [4.78, 5) is 0. The Morgan fingerprint density at radius 3 is 2.82 bits per heavy atom. The second-order valence-corrected chi connectivity index (χ2v) is 4.84. The van der Waals surface area contributed by atoms with Crippen molar-refractivity contribution in [3.05, 3.63) is 23.8 Å². The van der Waals surface area contributed by atoms with Gasteiger partial charge in [0.05, 0.1) is 13.7 Å². The third-order valence-electron chi connectivity index (χ3n) is 3.66. The summed E-state index contributed by atoms with van der Waals surface area (Å²) in [7, 11) is 1.63. The Balaban J connectivity index is 2.10. The lowest BCUT2D eigenvalue weighted by molar-refractivity contribution is 0.274. The van der Waals surface area contributed by atoms with Crippen LogP contribution in [0.4, 0.5) is 5.69 Å². The van der Waals surface area contributed by atoms with Crippen molar-refractivity contribution >= 4 is 5.69 Å². The van der Waals surface area contributed by atoms with Gasteiger partial charge in [0.15, 0.2) is 0 Å². The maximum absolute atomic E-state index is 9.28. The number of nitrogens with one attached hydrogen (secondary N) is 1. The number of methoxy groups -OCH3 is 1. The van der Waals surface area contributed by atoms with Crippen molar-refractivity contribution in [2.45, 2.75) is 38.8 Å². The standard InChI is InChI=1S/C14H21NO2/c1-10-4-3-5-13(10)15-12-6-7-14(17-2)11(8-12)9-16/h6-8,10,13,15-16H,3-5,9H2,1-2H3. The quantitative estimate of drug-likeness (QED) is 0.843. The Kier molecular flexibility index (Phi) is 3.89. The molecule has 0 radical (unpaired) electrons. The molecule has 1 aliphatic rings.